The van der Waals surface area contributed by atoms with Crippen LogP contribution in [-0.2, 0) is 6.54 Å². The highest BCUT2D eigenvalue weighted by Gasteiger charge is 2.23. The number of likely N-dealkylation sites (N-methyl/N-ethyl adjacent to an activating group) is 1. The molecule has 1 aromatic rings. The van der Waals surface area contributed by atoms with E-state index in [2.05, 4.69) is 23.8 Å². The largest absolute Gasteiger partial charge is 0.478 e. The molecule has 0 spiro atoms. The Morgan fingerprint density at radius 1 is 1.43 bits per heavy atom. The highest BCUT2D eigenvalue weighted by atomic mass is 19.1. The first-order valence-electron chi connectivity index (χ1n) is 7.45. The second kappa shape index (κ2) is 7.00. The molecule has 0 aromatic heterocycles. The van der Waals surface area contributed by atoms with E-state index in [1.54, 1.807) is 0 Å². The van der Waals surface area contributed by atoms with Crippen LogP contribution in [0.5, 0.6) is 0 Å². The summed E-state index contributed by atoms with van der Waals surface area (Å²) in [6.45, 7) is 5.56. The second-order valence-corrected chi connectivity index (χ2v) is 5.75. The quantitative estimate of drug-likeness (QED) is 0.926. The third-order valence-corrected chi connectivity index (χ3v) is 4.17. The Balaban J connectivity index is 2.23. The molecule has 5 heteroatoms. The second-order valence-electron chi connectivity index (χ2n) is 5.75. The van der Waals surface area contributed by atoms with E-state index in [1.165, 1.54) is 18.2 Å². The zero-order chi connectivity index (χ0) is 15.4. The van der Waals surface area contributed by atoms with Gasteiger partial charge in [-0.2, -0.15) is 0 Å². The molecule has 0 saturated carbocycles. The first-order chi connectivity index (χ1) is 10.0. The lowest BCUT2D eigenvalue weighted by atomic mass is 10.0. The highest BCUT2D eigenvalue weighted by molar-refractivity contribution is 5.89. The van der Waals surface area contributed by atoms with Crippen molar-refractivity contribution in [1.82, 2.24) is 9.80 Å². The van der Waals surface area contributed by atoms with Crippen molar-refractivity contribution in [3.8, 4) is 0 Å². The van der Waals surface area contributed by atoms with Crippen molar-refractivity contribution in [1.29, 1.82) is 0 Å². The molecule has 1 atom stereocenters. The summed E-state index contributed by atoms with van der Waals surface area (Å²) in [4.78, 5) is 15.9. The number of carboxylic acids is 1. The van der Waals surface area contributed by atoms with Gasteiger partial charge in [-0.3, -0.25) is 4.90 Å². The number of halogens is 1. The molecule has 1 heterocycles. The molecular weight excluding hydrogens is 271 g/mol. The summed E-state index contributed by atoms with van der Waals surface area (Å²) < 4.78 is 13.5. The minimum atomic E-state index is -0.995. The maximum Gasteiger partial charge on any atom is 0.336 e. The number of nitrogens with zero attached hydrogens (tertiary/aromatic N) is 2. The smallest absolute Gasteiger partial charge is 0.336 e. The Morgan fingerprint density at radius 2 is 2.19 bits per heavy atom. The van der Waals surface area contributed by atoms with Gasteiger partial charge in [0.1, 0.15) is 5.82 Å². The number of aromatic carboxylic acids is 1. The SMILES string of the molecule is CCC1CN(C)CCCN1Cc1cc(F)ccc1C(=O)O. The van der Waals surface area contributed by atoms with Crippen LogP contribution in [0.15, 0.2) is 18.2 Å². The average Bonchev–Trinajstić information content (AvgIpc) is 2.60. The topological polar surface area (TPSA) is 43.8 Å². The predicted octanol–water partition coefficient (Wildman–Crippen LogP) is 2.44. The fourth-order valence-corrected chi connectivity index (χ4v) is 3.01. The van der Waals surface area contributed by atoms with Crippen molar-refractivity contribution in [2.75, 3.05) is 26.7 Å². The Bertz CT molecular complexity index is 507. The van der Waals surface area contributed by atoms with Gasteiger partial charge in [0, 0.05) is 25.7 Å². The molecule has 1 N–H and O–H groups in total. The molecule has 1 aliphatic rings. The van der Waals surface area contributed by atoms with Crippen molar-refractivity contribution in [3.63, 3.8) is 0 Å². The zero-order valence-corrected chi connectivity index (χ0v) is 12.7. The maximum atomic E-state index is 13.5. The van der Waals surface area contributed by atoms with E-state index in [0.717, 1.165) is 32.5 Å². The molecule has 1 fully saturated rings. The predicted molar refractivity (Wildman–Crippen MR) is 80.0 cm³/mol. The summed E-state index contributed by atoms with van der Waals surface area (Å²) in [7, 11) is 2.11. The van der Waals surface area contributed by atoms with Crippen molar-refractivity contribution >= 4 is 5.97 Å². The fourth-order valence-electron chi connectivity index (χ4n) is 3.01. The number of benzene rings is 1. The molecule has 1 saturated heterocycles. The van der Waals surface area contributed by atoms with Gasteiger partial charge in [0.25, 0.3) is 0 Å². The van der Waals surface area contributed by atoms with E-state index in [-0.39, 0.29) is 11.4 Å². The Kier molecular flexibility index (Phi) is 5.31. The van der Waals surface area contributed by atoms with E-state index in [1.807, 2.05) is 0 Å². The van der Waals surface area contributed by atoms with Gasteiger partial charge in [-0.05, 0) is 50.2 Å². The van der Waals surface area contributed by atoms with E-state index in [4.69, 9.17) is 0 Å². The molecule has 2 rings (SSSR count). The third kappa shape index (κ3) is 4.02. The summed E-state index contributed by atoms with van der Waals surface area (Å²) in [5.41, 5.74) is 0.759. The van der Waals surface area contributed by atoms with E-state index in [9.17, 15) is 14.3 Å². The van der Waals surface area contributed by atoms with E-state index in [0.29, 0.717) is 18.2 Å². The molecule has 4 nitrogen and oxygen atoms in total. The van der Waals surface area contributed by atoms with Gasteiger partial charge in [0.2, 0.25) is 0 Å². The first kappa shape index (κ1) is 15.9. The molecule has 0 bridgehead atoms. The number of carboxylic acid groups (broad SMARTS) is 1. The van der Waals surface area contributed by atoms with Gasteiger partial charge >= 0.3 is 5.97 Å². The third-order valence-electron chi connectivity index (χ3n) is 4.17. The molecule has 116 valence electrons. The summed E-state index contributed by atoms with van der Waals surface area (Å²) >= 11 is 0. The van der Waals surface area contributed by atoms with Crippen molar-refractivity contribution in [3.05, 3.63) is 35.1 Å². The lowest BCUT2D eigenvalue weighted by Gasteiger charge is -2.30. The number of hydrogen-bond acceptors (Lipinski definition) is 3. The minimum Gasteiger partial charge on any atom is -0.478 e. The molecule has 21 heavy (non-hydrogen) atoms. The molecule has 1 aromatic carbocycles. The highest BCUT2D eigenvalue weighted by Crippen LogP contribution is 2.19. The van der Waals surface area contributed by atoms with Gasteiger partial charge in [0.15, 0.2) is 0 Å². The lowest BCUT2D eigenvalue weighted by Crippen LogP contribution is -2.39. The Labute approximate surface area is 125 Å². The molecule has 1 aliphatic heterocycles. The summed E-state index contributed by atoms with van der Waals surface area (Å²) in [5.74, 6) is -1.38. The van der Waals surface area contributed by atoms with Crippen LogP contribution in [0.4, 0.5) is 4.39 Å². The maximum absolute atomic E-state index is 13.5. The summed E-state index contributed by atoms with van der Waals surface area (Å²) in [6.07, 6.45) is 2.05. The standard InChI is InChI=1S/C16H23FN2O2/c1-3-14-11-18(2)7-4-8-19(14)10-12-9-13(17)5-6-15(12)16(20)21/h5-6,9,14H,3-4,7-8,10-11H2,1-2H3,(H,20,21). The summed E-state index contributed by atoms with van der Waals surface area (Å²) in [5, 5.41) is 9.26. The summed E-state index contributed by atoms with van der Waals surface area (Å²) in [6, 6.07) is 4.30. The number of rotatable bonds is 4. The van der Waals surface area contributed by atoms with Gasteiger partial charge in [-0.1, -0.05) is 6.92 Å². The normalized spacial score (nSPS) is 21.2. The van der Waals surface area contributed by atoms with Crippen LogP contribution >= 0.6 is 0 Å². The van der Waals surface area contributed by atoms with Gasteiger partial charge in [-0.15, -0.1) is 0 Å². The average molecular weight is 294 g/mol. The fraction of sp³-hybridized carbons (Fsp3) is 0.562. The minimum absolute atomic E-state index is 0.198. The Morgan fingerprint density at radius 3 is 2.86 bits per heavy atom. The Hall–Kier alpha value is -1.46. The van der Waals surface area contributed by atoms with Crippen LogP contribution in [0.25, 0.3) is 0 Å². The number of hydrogen-bond donors (Lipinski definition) is 1. The van der Waals surface area contributed by atoms with Crippen LogP contribution in [0, 0.1) is 5.82 Å². The number of carbonyl (C=O) groups is 1. The lowest BCUT2D eigenvalue weighted by molar-refractivity contribution is 0.0693. The van der Waals surface area contributed by atoms with Gasteiger partial charge < -0.3 is 10.0 Å². The van der Waals surface area contributed by atoms with Crippen molar-refractivity contribution < 1.29 is 14.3 Å². The van der Waals surface area contributed by atoms with Crippen LogP contribution in [0.3, 0.4) is 0 Å². The molecular formula is C16H23FN2O2. The van der Waals surface area contributed by atoms with E-state index >= 15 is 0 Å². The van der Waals surface area contributed by atoms with Crippen LogP contribution in [0.1, 0.15) is 35.7 Å². The van der Waals surface area contributed by atoms with E-state index < -0.39 is 5.97 Å². The molecule has 0 aliphatic carbocycles. The molecule has 0 radical (unpaired) electrons. The molecule has 1 unspecified atom stereocenters. The van der Waals surface area contributed by atoms with Crippen molar-refractivity contribution in [2.45, 2.75) is 32.4 Å². The zero-order valence-electron chi connectivity index (χ0n) is 12.7. The first-order valence-corrected chi connectivity index (χ1v) is 7.45. The molecule has 0 amide bonds. The van der Waals surface area contributed by atoms with Crippen molar-refractivity contribution in [2.24, 2.45) is 0 Å². The van der Waals surface area contributed by atoms with Crippen LogP contribution < -0.4 is 0 Å². The van der Waals surface area contributed by atoms with Gasteiger partial charge in [0.05, 0.1) is 5.56 Å². The van der Waals surface area contributed by atoms with Gasteiger partial charge in [-0.25, -0.2) is 9.18 Å². The van der Waals surface area contributed by atoms with Crippen LogP contribution in [-0.4, -0.2) is 53.6 Å². The monoisotopic (exact) mass is 294 g/mol. The van der Waals surface area contributed by atoms with Crippen LogP contribution in [0.2, 0.25) is 0 Å².